The molecule has 8 heteroatoms. The van der Waals surface area contributed by atoms with Crippen molar-refractivity contribution in [2.24, 2.45) is 0 Å². The zero-order valence-electron chi connectivity index (χ0n) is 10.7. The molecule has 0 saturated carbocycles. The molecular weight excluding hydrogens is 336 g/mol. The van der Waals surface area contributed by atoms with Crippen LogP contribution in [0.25, 0.3) is 0 Å². The maximum absolute atomic E-state index is 12.0. The van der Waals surface area contributed by atoms with Crippen molar-refractivity contribution in [3.05, 3.63) is 22.2 Å². The Morgan fingerprint density at radius 3 is 2.58 bits per heavy atom. The molecular formula is C11H15BrN2O4S. The summed E-state index contributed by atoms with van der Waals surface area (Å²) in [6.07, 6.45) is 0. The van der Waals surface area contributed by atoms with E-state index in [1.807, 2.05) is 0 Å². The quantitative estimate of drug-likeness (QED) is 0.635. The number of halogens is 1. The first-order valence-corrected chi connectivity index (χ1v) is 7.68. The van der Waals surface area contributed by atoms with Gasteiger partial charge in [0.15, 0.2) is 5.25 Å². The van der Waals surface area contributed by atoms with Crippen LogP contribution in [0, 0.1) is 6.92 Å². The van der Waals surface area contributed by atoms with E-state index < -0.39 is 21.2 Å². The van der Waals surface area contributed by atoms with E-state index in [1.165, 1.54) is 13.0 Å². The highest BCUT2D eigenvalue weighted by molar-refractivity contribution is 9.10. The van der Waals surface area contributed by atoms with E-state index in [2.05, 4.69) is 25.4 Å². The van der Waals surface area contributed by atoms with Crippen LogP contribution in [0.15, 0.2) is 16.6 Å². The Morgan fingerprint density at radius 2 is 2.05 bits per heavy atom. The number of rotatable bonds is 4. The van der Waals surface area contributed by atoms with Gasteiger partial charge in [0.1, 0.15) is 0 Å². The average Bonchev–Trinajstić information content (AvgIpc) is 2.33. The number of anilines is 2. The van der Waals surface area contributed by atoms with Crippen LogP contribution < -0.4 is 10.5 Å². The fourth-order valence-electron chi connectivity index (χ4n) is 1.30. The molecule has 106 valence electrons. The molecule has 1 aromatic carbocycles. The third kappa shape index (κ3) is 3.60. The molecule has 1 unspecified atom stereocenters. The van der Waals surface area contributed by atoms with Crippen LogP contribution in [0.5, 0.6) is 0 Å². The lowest BCUT2D eigenvalue weighted by molar-refractivity contribution is -0.139. The molecule has 19 heavy (non-hydrogen) atoms. The molecule has 0 fully saturated rings. The van der Waals surface area contributed by atoms with Gasteiger partial charge in [-0.15, -0.1) is 0 Å². The van der Waals surface area contributed by atoms with Gasteiger partial charge in [-0.3, -0.25) is 9.52 Å². The van der Waals surface area contributed by atoms with Gasteiger partial charge < -0.3 is 10.5 Å². The zero-order chi connectivity index (χ0) is 14.8. The van der Waals surface area contributed by atoms with Crippen molar-refractivity contribution in [2.75, 3.05) is 17.6 Å². The second-order valence-electron chi connectivity index (χ2n) is 4.00. The van der Waals surface area contributed by atoms with Gasteiger partial charge in [-0.25, -0.2) is 8.42 Å². The predicted molar refractivity (Wildman–Crippen MR) is 77.3 cm³/mol. The second-order valence-corrected chi connectivity index (χ2v) is 6.86. The molecule has 0 aliphatic carbocycles. The van der Waals surface area contributed by atoms with Crippen molar-refractivity contribution in [2.45, 2.75) is 19.1 Å². The first kappa shape index (κ1) is 15.8. The van der Waals surface area contributed by atoms with Gasteiger partial charge in [-0.1, -0.05) is 0 Å². The van der Waals surface area contributed by atoms with Crippen LogP contribution in [0.2, 0.25) is 0 Å². The summed E-state index contributed by atoms with van der Waals surface area (Å²) >= 11 is 3.24. The molecule has 0 spiro atoms. The first-order valence-electron chi connectivity index (χ1n) is 5.34. The summed E-state index contributed by atoms with van der Waals surface area (Å²) in [7, 11) is -2.75. The standard InChI is InChI=1S/C11H15BrN2O4S/c1-6-4-8(12)10(5-9(6)13)14-19(16,17)7(2)11(15)18-3/h4-5,7,14H,13H2,1-3H3. The van der Waals surface area contributed by atoms with Crippen molar-refractivity contribution in [1.82, 2.24) is 0 Å². The maximum atomic E-state index is 12.0. The molecule has 1 atom stereocenters. The molecule has 0 amide bonds. The molecule has 0 aliphatic heterocycles. The van der Waals surface area contributed by atoms with Crippen LogP contribution in [-0.2, 0) is 19.6 Å². The Kier molecular flexibility index (Phi) is 4.81. The molecule has 0 bridgehead atoms. The number of nitrogen functional groups attached to an aromatic ring is 1. The maximum Gasteiger partial charge on any atom is 0.325 e. The minimum Gasteiger partial charge on any atom is -0.468 e. The van der Waals surface area contributed by atoms with Crippen LogP contribution in [-0.4, -0.2) is 26.7 Å². The monoisotopic (exact) mass is 350 g/mol. The van der Waals surface area contributed by atoms with Gasteiger partial charge >= 0.3 is 5.97 Å². The van der Waals surface area contributed by atoms with Gasteiger partial charge in [0.2, 0.25) is 10.0 Å². The molecule has 0 aliphatic rings. The fraction of sp³-hybridized carbons (Fsp3) is 0.364. The molecule has 0 aromatic heterocycles. The number of carbonyl (C=O) groups is 1. The Balaban J connectivity index is 3.09. The van der Waals surface area contributed by atoms with E-state index in [4.69, 9.17) is 5.73 Å². The minimum atomic E-state index is -3.89. The SMILES string of the molecule is COC(=O)C(C)S(=O)(=O)Nc1cc(N)c(C)cc1Br. The Labute approximate surface area is 120 Å². The summed E-state index contributed by atoms with van der Waals surface area (Å²) in [6, 6.07) is 3.18. The Hall–Kier alpha value is -1.28. The highest BCUT2D eigenvalue weighted by Crippen LogP contribution is 2.29. The van der Waals surface area contributed by atoms with Gasteiger partial charge in [0.05, 0.1) is 12.8 Å². The van der Waals surface area contributed by atoms with Crippen molar-refractivity contribution in [3.63, 3.8) is 0 Å². The van der Waals surface area contributed by atoms with Crippen molar-refractivity contribution in [3.8, 4) is 0 Å². The largest absolute Gasteiger partial charge is 0.468 e. The number of hydrogen-bond donors (Lipinski definition) is 2. The molecule has 0 saturated heterocycles. The number of nitrogens with one attached hydrogen (secondary N) is 1. The Bertz CT molecular complexity index is 601. The lowest BCUT2D eigenvalue weighted by atomic mass is 10.2. The normalized spacial score (nSPS) is 12.8. The minimum absolute atomic E-state index is 0.277. The molecule has 0 radical (unpaired) electrons. The number of hydrogen-bond acceptors (Lipinski definition) is 5. The van der Waals surface area contributed by atoms with Crippen LogP contribution >= 0.6 is 15.9 Å². The smallest absolute Gasteiger partial charge is 0.325 e. The number of carbonyl (C=O) groups excluding carboxylic acids is 1. The van der Waals surface area contributed by atoms with E-state index in [0.29, 0.717) is 10.2 Å². The molecule has 0 heterocycles. The zero-order valence-corrected chi connectivity index (χ0v) is 13.1. The number of sulfonamides is 1. The van der Waals surface area contributed by atoms with E-state index >= 15 is 0 Å². The number of methoxy groups -OCH3 is 1. The number of nitrogens with two attached hydrogens (primary N) is 1. The van der Waals surface area contributed by atoms with E-state index in [1.54, 1.807) is 13.0 Å². The topological polar surface area (TPSA) is 98.5 Å². The van der Waals surface area contributed by atoms with Crippen molar-refractivity contribution >= 4 is 43.3 Å². The first-order chi connectivity index (χ1) is 8.69. The summed E-state index contributed by atoms with van der Waals surface area (Å²) in [5.74, 6) is -0.830. The number of aryl methyl sites for hydroxylation is 1. The summed E-state index contributed by atoms with van der Waals surface area (Å²) in [5.41, 5.74) is 7.27. The van der Waals surface area contributed by atoms with Gasteiger partial charge in [-0.2, -0.15) is 0 Å². The van der Waals surface area contributed by atoms with E-state index in [9.17, 15) is 13.2 Å². The van der Waals surface area contributed by atoms with Gasteiger partial charge in [0, 0.05) is 10.2 Å². The highest BCUT2D eigenvalue weighted by atomic mass is 79.9. The number of ether oxygens (including phenoxy) is 1. The fourth-order valence-corrected chi connectivity index (χ4v) is 2.99. The summed E-state index contributed by atoms with van der Waals surface area (Å²) in [6.45, 7) is 3.05. The predicted octanol–water partition coefficient (Wildman–Crippen LogP) is 1.64. The van der Waals surface area contributed by atoms with Crippen LogP contribution in [0.4, 0.5) is 11.4 Å². The van der Waals surface area contributed by atoms with E-state index in [-0.39, 0.29) is 5.69 Å². The van der Waals surface area contributed by atoms with E-state index in [0.717, 1.165) is 12.7 Å². The molecule has 3 N–H and O–H groups in total. The molecule has 1 aromatic rings. The van der Waals surface area contributed by atoms with Gasteiger partial charge in [-0.05, 0) is 47.5 Å². The second kappa shape index (κ2) is 5.79. The van der Waals surface area contributed by atoms with Gasteiger partial charge in [0.25, 0.3) is 0 Å². The lowest BCUT2D eigenvalue weighted by Crippen LogP contribution is -2.33. The molecule has 6 nitrogen and oxygen atoms in total. The van der Waals surface area contributed by atoms with Crippen LogP contribution in [0.3, 0.4) is 0 Å². The van der Waals surface area contributed by atoms with Crippen LogP contribution in [0.1, 0.15) is 12.5 Å². The average molecular weight is 351 g/mol. The number of benzene rings is 1. The summed E-state index contributed by atoms with van der Waals surface area (Å²) in [5, 5.41) is -1.31. The summed E-state index contributed by atoms with van der Waals surface area (Å²) in [4.78, 5) is 11.3. The lowest BCUT2D eigenvalue weighted by Gasteiger charge is -2.15. The van der Waals surface area contributed by atoms with Crippen molar-refractivity contribution in [1.29, 1.82) is 0 Å². The van der Waals surface area contributed by atoms with Crippen molar-refractivity contribution < 1.29 is 17.9 Å². The third-order valence-electron chi connectivity index (χ3n) is 2.61. The Morgan fingerprint density at radius 1 is 1.47 bits per heavy atom. The summed E-state index contributed by atoms with van der Waals surface area (Å²) < 4.78 is 31.2. The molecule has 1 rings (SSSR count). The number of esters is 1. The highest BCUT2D eigenvalue weighted by Gasteiger charge is 2.29. The third-order valence-corrected chi connectivity index (χ3v) is 4.89.